The summed E-state index contributed by atoms with van der Waals surface area (Å²) in [5, 5.41) is 9.82. The molecule has 0 radical (unpaired) electrons. The van der Waals surface area contributed by atoms with Crippen molar-refractivity contribution in [2.75, 3.05) is 0 Å². The highest BCUT2D eigenvalue weighted by atomic mass is 16.3. The predicted molar refractivity (Wildman–Crippen MR) is 54.5 cm³/mol. The standard InChI is InChI=1S/C12H14O/c1-8-6-7-9(2)12-10(8)4-3-5-11(12)13/h3-4,6-7,11,13H,5H2,1-2H3/t11-/m1/s1. The van der Waals surface area contributed by atoms with E-state index in [1.54, 1.807) is 0 Å². The van der Waals surface area contributed by atoms with Crippen LogP contribution in [0.3, 0.4) is 0 Å². The fraction of sp³-hybridized carbons (Fsp3) is 0.333. The zero-order valence-electron chi connectivity index (χ0n) is 8.04. The van der Waals surface area contributed by atoms with Crippen LogP contribution in [0.15, 0.2) is 18.2 Å². The Morgan fingerprint density at radius 2 is 1.92 bits per heavy atom. The molecule has 1 N–H and O–H groups in total. The maximum absolute atomic E-state index is 9.82. The summed E-state index contributed by atoms with van der Waals surface area (Å²) in [5.74, 6) is 0. The molecule has 1 aliphatic carbocycles. The van der Waals surface area contributed by atoms with Gasteiger partial charge in [0.2, 0.25) is 0 Å². The molecule has 0 fully saturated rings. The maximum Gasteiger partial charge on any atom is 0.0833 e. The van der Waals surface area contributed by atoms with Crippen LogP contribution in [0.2, 0.25) is 0 Å². The van der Waals surface area contributed by atoms with E-state index in [2.05, 4.69) is 32.1 Å². The van der Waals surface area contributed by atoms with Gasteiger partial charge in [-0.15, -0.1) is 0 Å². The number of hydrogen-bond acceptors (Lipinski definition) is 1. The van der Waals surface area contributed by atoms with Gasteiger partial charge in [-0.1, -0.05) is 24.3 Å². The monoisotopic (exact) mass is 174 g/mol. The van der Waals surface area contributed by atoms with E-state index in [9.17, 15) is 5.11 Å². The summed E-state index contributed by atoms with van der Waals surface area (Å²) in [4.78, 5) is 0. The van der Waals surface area contributed by atoms with Crippen molar-refractivity contribution in [3.63, 3.8) is 0 Å². The minimum absolute atomic E-state index is 0.306. The van der Waals surface area contributed by atoms with E-state index in [0.717, 1.165) is 12.0 Å². The van der Waals surface area contributed by atoms with Crippen molar-refractivity contribution in [2.45, 2.75) is 26.4 Å². The van der Waals surface area contributed by atoms with Crippen molar-refractivity contribution in [2.24, 2.45) is 0 Å². The average molecular weight is 174 g/mol. The van der Waals surface area contributed by atoms with Crippen LogP contribution in [0, 0.1) is 13.8 Å². The molecule has 2 rings (SSSR count). The molecule has 0 aliphatic heterocycles. The summed E-state index contributed by atoms with van der Waals surface area (Å²) in [6.45, 7) is 4.14. The fourth-order valence-corrected chi connectivity index (χ4v) is 1.95. The van der Waals surface area contributed by atoms with Gasteiger partial charge in [0.15, 0.2) is 0 Å². The molecule has 0 aromatic heterocycles. The lowest BCUT2D eigenvalue weighted by Gasteiger charge is -2.20. The Labute approximate surface area is 78.7 Å². The third-order valence-electron chi connectivity index (χ3n) is 2.70. The Balaban J connectivity index is 2.69. The number of fused-ring (bicyclic) bond motifs is 1. The van der Waals surface area contributed by atoms with E-state index < -0.39 is 0 Å². The van der Waals surface area contributed by atoms with E-state index in [1.807, 2.05) is 6.08 Å². The van der Waals surface area contributed by atoms with Gasteiger partial charge in [-0.25, -0.2) is 0 Å². The van der Waals surface area contributed by atoms with E-state index in [-0.39, 0.29) is 6.10 Å². The molecule has 1 nitrogen and oxygen atoms in total. The van der Waals surface area contributed by atoms with Gasteiger partial charge in [0.1, 0.15) is 0 Å². The highest BCUT2D eigenvalue weighted by molar-refractivity contribution is 5.62. The molecule has 1 aromatic rings. The number of aliphatic hydroxyl groups excluding tert-OH is 1. The van der Waals surface area contributed by atoms with Crippen LogP contribution in [0.5, 0.6) is 0 Å². The molecular weight excluding hydrogens is 160 g/mol. The number of aliphatic hydroxyl groups is 1. The molecule has 13 heavy (non-hydrogen) atoms. The quantitative estimate of drug-likeness (QED) is 0.641. The van der Waals surface area contributed by atoms with Crippen molar-refractivity contribution in [1.82, 2.24) is 0 Å². The molecule has 1 atom stereocenters. The summed E-state index contributed by atoms with van der Waals surface area (Å²) in [5.41, 5.74) is 4.76. The minimum Gasteiger partial charge on any atom is -0.388 e. The molecule has 1 heteroatoms. The van der Waals surface area contributed by atoms with Crippen molar-refractivity contribution < 1.29 is 5.11 Å². The molecule has 0 saturated heterocycles. The summed E-state index contributed by atoms with van der Waals surface area (Å²) in [7, 11) is 0. The lowest BCUT2D eigenvalue weighted by molar-refractivity contribution is 0.179. The van der Waals surface area contributed by atoms with Gasteiger partial charge in [0, 0.05) is 0 Å². The van der Waals surface area contributed by atoms with Gasteiger partial charge in [-0.3, -0.25) is 0 Å². The first-order valence-corrected chi connectivity index (χ1v) is 4.65. The topological polar surface area (TPSA) is 20.2 Å². The Morgan fingerprint density at radius 3 is 2.62 bits per heavy atom. The Bertz CT molecular complexity index is 364. The van der Waals surface area contributed by atoms with Gasteiger partial charge in [0.05, 0.1) is 6.10 Å². The van der Waals surface area contributed by atoms with Crippen molar-refractivity contribution >= 4 is 6.08 Å². The second-order valence-corrected chi connectivity index (χ2v) is 3.68. The van der Waals surface area contributed by atoms with Crippen LogP contribution in [0.25, 0.3) is 6.08 Å². The number of aryl methyl sites for hydroxylation is 2. The first kappa shape index (κ1) is 8.52. The van der Waals surface area contributed by atoms with Gasteiger partial charge in [0.25, 0.3) is 0 Å². The summed E-state index contributed by atoms with van der Waals surface area (Å²) in [6, 6.07) is 4.19. The summed E-state index contributed by atoms with van der Waals surface area (Å²) >= 11 is 0. The normalized spacial score (nSPS) is 20.1. The maximum atomic E-state index is 9.82. The van der Waals surface area contributed by atoms with E-state index in [4.69, 9.17) is 0 Å². The SMILES string of the molecule is Cc1ccc(C)c2c1C=CC[C@H]2O. The lowest BCUT2D eigenvalue weighted by atomic mass is 9.88. The number of benzene rings is 1. The Hall–Kier alpha value is -1.08. The first-order chi connectivity index (χ1) is 6.20. The molecule has 0 amide bonds. The largest absolute Gasteiger partial charge is 0.388 e. The Morgan fingerprint density at radius 1 is 1.23 bits per heavy atom. The first-order valence-electron chi connectivity index (χ1n) is 4.65. The molecule has 0 unspecified atom stereocenters. The zero-order valence-corrected chi connectivity index (χ0v) is 8.04. The van der Waals surface area contributed by atoms with Crippen LogP contribution in [0.1, 0.15) is 34.8 Å². The molecule has 0 heterocycles. The third kappa shape index (κ3) is 1.29. The van der Waals surface area contributed by atoms with Gasteiger partial charge < -0.3 is 5.11 Å². The number of hydrogen-bond donors (Lipinski definition) is 1. The fourth-order valence-electron chi connectivity index (χ4n) is 1.95. The van der Waals surface area contributed by atoms with Gasteiger partial charge in [-0.2, -0.15) is 0 Å². The van der Waals surface area contributed by atoms with Crippen LogP contribution in [-0.2, 0) is 0 Å². The lowest BCUT2D eigenvalue weighted by Crippen LogP contribution is -2.06. The van der Waals surface area contributed by atoms with E-state index >= 15 is 0 Å². The van der Waals surface area contributed by atoms with Crippen LogP contribution in [-0.4, -0.2) is 5.11 Å². The molecule has 0 saturated carbocycles. The van der Waals surface area contributed by atoms with Crippen LogP contribution >= 0.6 is 0 Å². The highest BCUT2D eigenvalue weighted by Gasteiger charge is 2.17. The molecule has 0 spiro atoms. The number of rotatable bonds is 0. The second kappa shape index (κ2) is 3.00. The Kier molecular flexibility index (Phi) is 1.97. The molecule has 1 aliphatic rings. The van der Waals surface area contributed by atoms with Crippen LogP contribution in [0.4, 0.5) is 0 Å². The zero-order chi connectivity index (χ0) is 9.42. The predicted octanol–water partition coefficient (Wildman–Crippen LogP) is 2.75. The van der Waals surface area contributed by atoms with Crippen molar-refractivity contribution in [3.8, 4) is 0 Å². The van der Waals surface area contributed by atoms with Gasteiger partial charge >= 0.3 is 0 Å². The molecule has 1 aromatic carbocycles. The van der Waals surface area contributed by atoms with Crippen molar-refractivity contribution in [1.29, 1.82) is 0 Å². The van der Waals surface area contributed by atoms with Gasteiger partial charge in [-0.05, 0) is 42.5 Å². The van der Waals surface area contributed by atoms with Crippen molar-refractivity contribution in [3.05, 3.63) is 40.5 Å². The molecular formula is C12H14O. The highest BCUT2D eigenvalue weighted by Crippen LogP contribution is 2.32. The molecule has 0 bridgehead atoms. The van der Waals surface area contributed by atoms with Crippen LogP contribution < -0.4 is 0 Å². The second-order valence-electron chi connectivity index (χ2n) is 3.68. The van der Waals surface area contributed by atoms with E-state index in [1.165, 1.54) is 16.7 Å². The minimum atomic E-state index is -0.306. The summed E-state index contributed by atoms with van der Waals surface area (Å²) < 4.78 is 0. The smallest absolute Gasteiger partial charge is 0.0833 e. The average Bonchev–Trinajstić information content (AvgIpc) is 2.12. The third-order valence-corrected chi connectivity index (χ3v) is 2.70. The summed E-state index contributed by atoms with van der Waals surface area (Å²) in [6.07, 6.45) is 4.60. The van der Waals surface area contributed by atoms with E-state index in [0.29, 0.717) is 0 Å². The molecule has 68 valence electrons.